The maximum atomic E-state index is 12.6. The highest BCUT2D eigenvalue weighted by Crippen LogP contribution is 2.25. The number of aryl methyl sites for hydroxylation is 1. The minimum atomic E-state index is -0.508. The molecular weight excluding hydrogens is 346 g/mol. The SMILES string of the molecule is Cc1cccc(C(=O)NC(C)c2ccc(N3CCOCC3)cc2)c1[N+](=O)[O-]. The van der Waals surface area contributed by atoms with Crippen molar-refractivity contribution in [3.05, 3.63) is 69.3 Å². The Kier molecular flexibility index (Phi) is 5.71. The number of nitrogens with one attached hydrogen (secondary N) is 1. The average Bonchev–Trinajstić information content (AvgIpc) is 2.68. The number of hydrogen-bond acceptors (Lipinski definition) is 5. The maximum Gasteiger partial charge on any atom is 0.285 e. The van der Waals surface area contributed by atoms with E-state index in [4.69, 9.17) is 4.74 Å². The van der Waals surface area contributed by atoms with Crippen LogP contribution >= 0.6 is 0 Å². The van der Waals surface area contributed by atoms with Gasteiger partial charge in [-0.05, 0) is 37.6 Å². The van der Waals surface area contributed by atoms with Crippen molar-refractivity contribution in [3.63, 3.8) is 0 Å². The first-order valence-electron chi connectivity index (χ1n) is 8.95. The summed E-state index contributed by atoms with van der Waals surface area (Å²) in [6, 6.07) is 12.5. The third-order valence-corrected chi connectivity index (χ3v) is 4.78. The molecule has 1 fully saturated rings. The first-order chi connectivity index (χ1) is 13.0. The van der Waals surface area contributed by atoms with Crippen molar-refractivity contribution >= 4 is 17.3 Å². The molecule has 7 heteroatoms. The molecular formula is C20H23N3O4. The topological polar surface area (TPSA) is 84.7 Å². The Morgan fingerprint density at radius 2 is 1.85 bits per heavy atom. The van der Waals surface area contributed by atoms with Crippen LogP contribution in [-0.2, 0) is 4.74 Å². The molecule has 1 atom stereocenters. The Morgan fingerprint density at radius 3 is 2.48 bits per heavy atom. The van der Waals surface area contributed by atoms with Crippen molar-refractivity contribution in [2.75, 3.05) is 31.2 Å². The Hall–Kier alpha value is -2.93. The minimum absolute atomic E-state index is 0.0804. The van der Waals surface area contributed by atoms with Crippen molar-refractivity contribution in [2.24, 2.45) is 0 Å². The number of rotatable bonds is 5. The molecule has 3 rings (SSSR count). The number of hydrogen-bond donors (Lipinski definition) is 1. The zero-order valence-electron chi connectivity index (χ0n) is 15.5. The second-order valence-corrected chi connectivity index (χ2v) is 6.61. The molecule has 1 amide bonds. The molecule has 0 spiro atoms. The summed E-state index contributed by atoms with van der Waals surface area (Å²) < 4.78 is 5.37. The lowest BCUT2D eigenvalue weighted by atomic mass is 10.0. The number of benzene rings is 2. The number of nitrogens with zero attached hydrogens (tertiary/aromatic N) is 2. The van der Waals surface area contributed by atoms with E-state index in [0.717, 1.165) is 37.6 Å². The lowest BCUT2D eigenvalue weighted by Crippen LogP contribution is -2.36. The second kappa shape index (κ2) is 8.18. The molecule has 1 heterocycles. The number of morpholine rings is 1. The van der Waals surface area contributed by atoms with Crippen molar-refractivity contribution in [1.29, 1.82) is 0 Å². The smallest absolute Gasteiger partial charge is 0.285 e. The average molecular weight is 369 g/mol. The van der Waals surface area contributed by atoms with Gasteiger partial charge < -0.3 is 15.0 Å². The van der Waals surface area contributed by atoms with Crippen molar-refractivity contribution < 1.29 is 14.5 Å². The third kappa shape index (κ3) is 4.25. The molecule has 2 aromatic rings. The number of amides is 1. The normalized spacial score (nSPS) is 15.3. The molecule has 2 aromatic carbocycles. The van der Waals surface area contributed by atoms with E-state index in [2.05, 4.69) is 10.2 Å². The Labute approximate surface area is 158 Å². The van der Waals surface area contributed by atoms with Gasteiger partial charge in [0.05, 0.1) is 24.2 Å². The molecule has 0 bridgehead atoms. The standard InChI is InChI=1S/C20H23N3O4/c1-14-4-3-5-18(19(14)23(25)26)20(24)21-15(2)16-6-8-17(9-7-16)22-10-12-27-13-11-22/h3-9,15H,10-13H2,1-2H3,(H,21,24). The molecule has 0 aromatic heterocycles. The first kappa shape index (κ1) is 18.8. The molecule has 142 valence electrons. The van der Waals surface area contributed by atoms with Gasteiger partial charge in [0.15, 0.2) is 0 Å². The summed E-state index contributed by atoms with van der Waals surface area (Å²) in [5, 5.41) is 14.2. The van der Waals surface area contributed by atoms with Crippen LogP contribution in [0.4, 0.5) is 11.4 Å². The van der Waals surface area contributed by atoms with Crippen LogP contribution in [0.2, 0.25) is 0 Å². The fraction of sp³-hybridized carbons (Fsp3) is 0.350. The number of ether oxygens (including phenoxy) is 1. The minimum Gasteiger partial charge on any atom is -0.378 e. The number of carbonyl (C=O) groups excluding carboxylic acids is 1. The summed E-state index contributed by atoms with van der Waals surface area (Å²) in [7, 11) is 0. The van der Waals surface area contributed by atoms with Crippen LogP contribution in [0.15, 0.2) is 42.5 Å². The van der Waals surface area contributed by atoms with Gasteiger partial charge in [0.1, 0.15) is 5.56 Å². The van der Waals surface area contributed by atoms with Gasteiger partial charge in [-0.1, -0.05) is 24.3 Å². The summed E-state index contributed by atoms with van der Waals surface area (Å²) in [5.74, 6) is -0.449. The van der Waals surface area contributed by atoms with E-state index in [-0.39, 0.29) is 17.3 Å². The number of anilines is 1. The van der Waals surface area contributed by atoms with Crippen LogP contribution in [0.3, 0.4) is 0 Å². The van der Waals surface area contributed by atoms with Crippen molar-refractivity contribution in [3.8, 4) is 0 Å². The van der Waals surface area contributed by atoms with Crippen LogP contribution in [0.25, 0.3) is 0 Å². The molecule has 1 N–H and O–H groups in total. The highest BCUT2D eigenvalue weighted by atomic mass is 16.6. The molecule has 1 unspecified atom stereocenters. The van der Waals surface area contributed by atoms with E-state index >= 15 is 0 Å². The van der Waals surface area contributed by atoms with E-state index in [0.29, 0.717) is 5.56 Å². The molecule has 27 heavy (non-hydrogen) atoms. The van der Waals surface area contributed by atoms with Gasteiger partial charge in [-0.25, -0.2) is 0 Å². The Balaban J connectivity index is 1.72. The van der Waals surface area contributed by atoms with Crippen LogP contribution in [0.5, 0.6) is 0 Å². The summed E-state index contributed by atoms with van der Waals surface area (Å²) in [4.78, 5) is 25.6. The Bertz CT molecular complexity index is 830. The molecule has 0 radical (unpaired) electrons. The molecule has 0 saturated carbocycles. The predicted octanol–water partition coefficient (Wildman–Crippen LogP) is 3.23. The van der Waals surface area contributed by atoms with Gasteiger partial charge in [0.25, 0.3) is 11.6 Å². The summed E-state index contributed by atoms with van der Waals surface area (Å²) >= 11 is 0. The predicted molar refractivity (Wildman–Crippen MR) is 103 cm³/mol. The van der Waals surface area contributed by atoms with E-state index in [1.54, 1.807) is 19.1 Å². The highest BCUT2D eigenvalue weighted by Gasteiger charge is 2.23. The van der Waals surface area contributed by atoms with Gasteiger partial charge in [-0.15, -0.1) is 0 Å². The van der Waals surface area contributed by atoms with Crippen LogP contribution in [0, 0.1) is 17.0 Å². The molecule has 1 aliphatic heterocycles. The number of carbonyl (C=O) groups is 1. The zero-order chi connectivity index (χ0) is 19.4. The molecule has 7 nitrogen and oxygen atoms in total. The maximum absolute atomic E-state index is 12.6. The second-order valence-electron chi connectivity index (χ2n) is 6.61. The van der Waals surface area contributed by atoms with E-state index < -0.39 is 10.8 Å². The lowest BCUT2D eigenvalue weighted by Gasteiger charge is -2.29. The van der Waals surface area contributed by atoms with Gasteiger partial charge >= 0.3 is 0 Å². The third-order valence-electron chi connectivity index (χ3n) is 4.78. The molecule has 1 aliphatic rings. The quantitative estimate of drug-likeness (QED) is 0.646. The summed E-state index contributed by atoms with van der Waals surface area (Å²) in [5.41, 5.74) is 2.46. The number of nitro benzene ring substituents is 1. The van der Waals surface area contributed by atoms with Crippen molar-refractivity contribution in [2.45, 2.75) is 19.9 Å². The van der Waals surface area contributed by atoms with Crippen LogP contribution in [0.1, 0.15) is 34.5 Å². The van der Waals surface area contributed by atoms with E-state index in [1.807, 2.05) is 31.2 Å². The largest absolute Gasteiger partial charge is 0.378 e. The van der Waals surface area contributed by atoms with Gasteiger partial charge in [-0.2, -0.15) is 0 Å². The van der Waals surface area contributed by atoms with Gasteiger partial charge in [0, 0.05) is 24.3 Å². The highest BCUT2D eigenvalue weighted by molar-refractivity contribution is 5.98. The molecule has 1 saturated heterocycles. The van der Waals surface area contributed by atoms with Crippen LogP contribution < -0.4 is 10.2 Å². The Morgan fingerprint density at radius 1 is 1.19 bits per heavy atom. The van der Waals surface area contributed by atoms with Gasteiger partial charge in [-0.3, -0.25) is 14.9 Å². The first-order valence-corrected chi connectivity index (χ1v) is 8.95. The summed E-state index contributed by atoms with van der Waals surface area (Å²) in [6.45, 7) is 6.67. The molecule has 0 aliphatic carbocycles. The van der Waals surface area contributed by atoms with E-state index in [1.165, 1.54) is 6.07 Å². The fourth-order valence-corrected chi connectivity index (χ4v) is 3.24. The lowest BCUT2D eigenvalue weighted by molar-refractivity contribution is -0.385. The monoisotopic (exact) mass is 369 g/mol. The fourth-order valence-electron chi connectivity index (χ4n) is 3.24. The number of nitro groups is 1. The van der Waals surface area contributed by atoms with Crippen LogP contribution in [-0.4, -0.2) is 37.1 Å². The van der Waals surface area contributed by atoms with Gasteiger partial charge in [0.2, 0.25) is 0 Å². The van der Waals surface area contributed by atoms with Crippen molar-refractivity contribution in [1.82, 2.24) is 5.32 Å². The zero-order valence-corrected chi connectivity index (χ0v) is 15.5. The number of para-hydroxylation sites is 1. The summed E-state index contributed by atoms with van der Waals surface area (Å²) in [6.07, 6.45) is 0. The van der Waals surface area contributed by atoms with E-state index in [9.17, 15) is 14.9 Å².